The zero-order valence-corrected chi connectivity index (χ0v) is 16.6. The summed E-state index contributed by atoms with van der Waals surface area (Å²) < 4.78 is 5.83. The van der Waals surface area contributed by atoms with Gasteiger partial charge in [-0.3, -0.25) is 4.90 Å². The van der Waals surface area contributed by atoms with Crippen LogP contribution in [0.5, 0.6) is 0 Å². The number of aromatic nitrogens is 2. The number of nitrogens with zero attached hydrogens (tertiary/aromatic N) is 4. The Morgan fingerprint density at radius 3 is 2.73 bits per heavy atom. The minimum Gasteiger partial charge on any atom is -0.419 e. The van der Waals surface area contributed by atoms with E-state index in [9.17, 15) is 0 Å². The van der Waals surface area contributed by atoms with E-state index in [4.69, 9.17) is 16.0 Å². The third-order valence-corrected chi connectivity index (χ3v) is 5.43. The van der Waals surface area contributed by atoms with Gasteiger partial charge in [0.15, 0.2) is 0 Å². The summed E-state index contributed by atoms with van der Waals surface area (Å²) in [5.41, 5.74) is 0.793. The molecule has 0 amide bonds. The molecule has 6 heteroatoms. The highest BCUT2D eigenvalue weighted by Gasteiger charge is 2.22. The maximum atomic E-state index is 6.21. The van der Waals surface area contributed by atoms with Crippen LogP contribution < -0.4 is 0 Å². The lowest BCUT2D eigenvalue weighted by Gasteiger charge is -2.33. The summed E-state index contributed by atoms with van der Waals surface area (Å²) in [6.45, 7) is 7.58. The van der Waals surface area contributed by atoms with E-state index in [2.05, 4.69) is 34.0 Å². The third kappa shape index (κ3) is 5.29. The molecule has 0 radical (unpaired) electrons. The number of likely N-dealkylation sites (tertiary alicyclic amines) is 1. The summed E-state index contributed by atoms with van der Waals surface area (Å²) in [6, 6.07) is 7.56. The van der Waals surface area contributed by atoms with Gasteiger partial charge in [0, 0.05) is 6.54 Å². The number of unbranched alkanes of at least 4 members (excludes halogenated alkanes) is 1. The van der Waals surface area contributed by atoms with Crippen LogP contribution in [-0.4, -0.2) is 53.2 Å². The molecule has 0 saturated carbocycles. The van der Waals surface area contributed by atoms with Gasteiger partial charge < -0.3 is 9.32 Å². The van der Waals surface area contributed by atoms with Gasteiger partial charge >= 0.3 is 0 Å². The molecular weight excluding hydrogens is 348 g/mol. The topological polar surface area (TPSA) is 45.4 Å². The van der Waals surface area contributed by atoms with Crippen LogP contribution in [0, 0.1) is 5.92 Å². The van der Waals surface area contributed by atoms with Crippen molar-refractivity contribution in [3.63, 3.8) is 0 Å². The standard InChI is InChI=1S/C20H29ClN4O/c1-3-4-11-24(2)14-16-9-12-25(13-10-16)15-19-22-23-20(26-19)17-7-5-6-8-18(17)21/h5-8,16H,3-4,9-15H2,1-2H3. The van der Waals surface area contributed by atoms with Gasteiger partial charge in [-0.25, -0.2) is 0 Å². The lowest BCUT2D eigenvalue weighted by atomic mass is 9.96. The minimum absolute atomic E-state index is 0.498. The lowest BCUT2D eigenvalue weighted by Crippen LogP contribution is -2.37. The van der Waals surface area contributed by atoms with Gasteiger partial charge in [0.2, 0.25) is 11.8 Å². The van der Waals surface area contributed by atoms with E-state index in [1.54, 1.807) is 0 Å². The van der Waals surface area contributed by atoms with Crippen molar-refractivity contribution in [1.29, 1.82) is 0 Å². The fourth-order valence-corrected chi connectivity index (χ4v) is 3.76. The predicted molar refractivity (Wildman–Crippen MR) is 105 cm³/mol. The summed E-state index contributed by atoms with van der Waals surface area (Å²) in [6.07, 6.45) is 5.04. The molecule has 0 unspecified atom stereocenters. The highest BCUT2D eigenvalue weighted by molar-refractivity contribution is 6.33. The molecule has 0 spiro atoms. The molecule has 26 heavy (non-hydrogen) atoms. The fraction of sp³-hybridized carbons (Fsp3) is 0.600. The van der Waals surface area contributed by atoms with Gasteiger partial charge in [0.1, 0.15) is 0 Å². The van der Waals surface area contributed by atoms with Gasteiger partial charge in [-0.15, -0.1) is 10.2 Å². The maximum Gasteiger partial charge on any atom is 0.249 e. The SMILES string of the molecule is CCCCN(C)CC1CCN(Cc2nnc(-c3ccccc3Cl)o2)CC1. The second kappa shape index (κ2) is 9.49. The second-order valence-electron chi connectivity index (χ2n) is 7.32. The molecule has 142 valence electrons. The molecule has 2 aromatic rings. The van der Waals surface area contributed by atoms with Gasteiger partial charge in [-0.2, -0.15) is 0 Å². The summed E-state index contributed by atoms with van der Waals surface area (Å²) in [7, 11) is 2.25. The largest absolute Gasteiger partial charge is 0.419 e. The van der Waals surface area contributed by atoms with Crippen LogP contribution in [0.3, 0.4) is 0 Å². The van der Waals surface area contributed by atoms with Crippen LogP contribution in [-0.2, 0) is 6.54 Å². The highest BCUT2D eigenvalue weighted by atomic mass is 35.5. The van der Waals surface area contributed by atoms with E-state index in [1.165, 1.54) is 38.8 Å². The molecule has 1 aromatic heterocycles. The van der Waals surface area contributed by atoms with E-state index in [-0.39, 0.29) is 0 Å². The van der Waals surface area contributed by atoms with E-state index >= 15 is 0 Å². The van der Waals surface area contributed by atoms with Gasteiger partial charge in [-0.1, -0.05) is 37.1 Å². The van der Waals surface area contributed by atoms with Crippen LogP contribution in [0.15, 0.2) is 28.7 Å². The molecule has 0 N–H and O–H groups in total. The van der Waals surface area contributed by atoms with Crippen molar-refractivity contribution >= 4 is 11.6 Å². The molecule has 1 aromatic carbocycles. The predicted octanol–water partition coefficient (Wildman–Crippen LogP) is 4.33. The first kappa shape index (κ1) is 19.3. The fourth-order valence-electron chi connectivity index (χ4n) is 3.54. The number of hydrogen-bond donors (Lipinski definition) is 0. The molecule has 3 rings (SSSR count). The van der Waals surface area contributed by atoms with Crippen LogP contribution in [0.25, 0.3) is 11.5 Å². The first-order chi connectivity index (χ1) is 12.7. The molecule has 0 atom stereocenters. The molecule has 0 aliphatic carbocycles. The second-order valence-corrected chi connectivity index (χ2v) is 7.72. The first-order valence-electron chi connectivity index (χ1n) is 9.64. The summed E-state index contributed by atoms with van der Waals surface area (Å²) in [5, 5.41) is 9.00. The number of rotatable bonds is 8. The summed E-state index contributed by atoms with van der Waals surface area (Å²) in [4.78, 5) is 4.89. The van der Waals surface area contributed by atoms with Crippen LogP contribution >= 0.6 is 11.6 Å². The Kier molecular flexibility index (Phi) is 7.06. The lowest BCUT2D eigenvalue weighted by molar-refractivity contribution is 0.140. The Labute approximate surface area is 161 Å². The zero-order chi connectivity index (χ0) is 18.4. The van der Waals surface area contributed by atoms with Crippen molar-refractivity contribution < 1.29 is 4.42 Å². The van der Waals surface area contributed by atoms with Crippen molar-refractivity contribution in [2.24, 2.45) is 5.92 Å². The number of piperidine rings is 1. The number of benzene rings is 1. The average molecular weight is 377 g/mol. The molecule has 2 heterocycles. The molecule has 1 aliphatic heterocycles. The molecular formula is C20H29ClN4O. The highest BCUT2D eigenvalue weighted by Crippen LogP contribution is 2.27. The van der Waals surface area contributed by atoms with Gasteiger partial charge in [-0.05, 0) is 64.0 Å². The van der Waals surface area contributed by atoms with Crippen LogP contribution in [0.4, 0.5) is 0 Å². The molecule has 1 saturated heterocycles. The van der Waals surface area contributed by atoms with Crippen molar-refractivity contribution in [1.82, 2.24) is 20.0 Å². The molecule has 5 nitrogen and oxygen atoms in total. The smallest absolute Gasteiger partial charge is 0.249 e. The van der Waals surface area contributed by atoms with Crippen LogP contribution in [0.1, 0.15) is 38.5 Å². The van der Waals surface area contributed by atoms with E-state index in [0.29, 0.717) is 16.8 Å². The van der Waals surface area contributed by atoms with Gasteiger partial charge in [0.25, 0.3) is 0 Å². The minimum atomic E-state index is 0.498. The van der Waals surface area contributed by atoms with Crippen molar-refractivity contribution in [2.75, 3.05) is 33.2 Å². The average Bonchev–Trinajstić information content (AvgIpc) is 3.10. The molecule has 0 bridgehead atoms. The van der Waals surface area contributed by atoms with E-state index < -0.39 is 0 Å². The number of halogens is 1. The number of hydrogen-bond acceptors (Lipinski definition) is 5. The van der Waals surface area contributed by atoms with E-state index in [0.717, 1.165) is 31.1 Å². The zero-order valence-electron chi connectivity index (χ0n) is 15.8. The first-order valence-corrected chi connectivity index (χ1v) is 10.0. The Morgan fingerprint density at radius 2 is 2.00 bits per heavy atom. The van der Waals surface area contributed by atoms with Crippen LogP contribution in [0.2, 0.25) is 5.02 Å². The van der Waals surface area contributed by atoms with Crippen molar-refractivity contribution in [2.45, 2.75) is 39.2 Å². The summed E-state index contributed by atoms with van der Waals surface area (Å²) >= 11 is 6.21. The Hall–Kier alpha value is -1.43. The van der Waals surface area contributed by atoms with Gasteiger partial charge in [0.05, 0.1) is 17.1 Å². The van der Waals surface area contributed by atoms with E-state index in [1.807, 2.05) is 24.3 Å². The van der Waals surface area contributed by atoms with Crippen molar-refractivity contribution in [3.8, 4) is 11.5 Å². The molecule has 1 fully saturated rings. The Morgan fingerprint density at radius 1 is 1.23 bits per heavy atom. The molecule has 1 aliphatic rings. The monoisotopic (exact) mass is 376 g/mol. The normalized spacial score (nSPS) is 16.5. The summed E-state index contributed by atoms with van der Waals surface area (Å²) in [5.74, 6) is 1.96. The maximum absolute atomic E-state index is 6.21. The third-order valence-electron chi connectivity index (χ3n) is 5.10. The van der Waals surface area contributed by atoms with Crippen molar-refractivity contribution in [3.05, 3.63) is 35.2 Å². The Bertz CT molecular complexity index is 682. The quantitative estimate of drug-likeness (QED) is 0.686. The Balaban J connectivity index is 1.47.